The Kier molecular flexibility index (Phi) is 15.4. The van der Waals surface area contributed by atoms with Crippen molar-refractivity contribution in [2.45, 2.75) is 110 Å². The number of aromatic nitrogens is 2. The predicted octanol–water partition coefficient (Wildman–Crippen LogP) is 7.82. The van der Waals surface area contributed by atoms with Crippen molar-refractivity contribution in [3.05, 3.63) is 106 Å². The molecule has 376 valence electrons. The van der Waals surface area contributed by atoms with Crippen molar-refractivity contribution in [1.82, 2.24) is 30.4 Å². The van der Waals surface area contributed by atoms with E-state index in [1.165, 1.54) is 30.9 Å². The van der Waals surface area contributed by atoms with Gasteiger partial charge in [-0.15, -0.1) is 11.3 Å². The van der Waals surface area contributed by atoms with E-state index in [9.17, 15) is 19.5 Å². The molecule has 17 heteroatoms. The molecule has 7 atom stereocenters. The molecule has 4 heterocycles. The SMILES string of the molecule is Cc1ncsc1-c1ccc(CNC(=O)[C@@H]2C[C@@H](O)CN2C(=O)[C@@H](NC(=O)COC[C@@H]2C[C@@H]2COCCOc2cc(F)c([C@@H]3c4[nH]c5ccccc5c4C[C@@H](C)N3CC(C)(C)F)c(F)c2)C(C)(C)C)cc1. The Labute approximate surface area is 411 Å². The third kappa shape index (κ3) is 11.9. The number of H-pyrrole nitrogens is 1. The van der Waals surface area contributed by atoms with Gasteiger partial charge in [-0.05, 0) is 80.5 Å². The highest BCUT2D eigenvalue weighted by Crippen LogP contribution is 2.44. The number of aliphatic hydroxyl groups excluding tert-OH is 1. The molecule has 1 saturated carbocycles. The zero-order valence-corrected chi connectivity index (χ0v) is 41.8. The highest BCUT2D eigenvalue weighted by atomic mass is 32.1. The molecule has 13 nitrogen and oxygen atoms in total. The van der Waals surface area contributed by atoms with Crippen LogP contribution in [0.15, 0.2) is 66.2 Å². The van der Waals surface area contributed by atoms with Gasteiger partial charge in [0.1, 0.15) is 48.4 Å². The number of hydrogen-bond acceptors (Lipinski definition) is 10. The summed E-state index contributed by atoms with van der Waals surface area (Å²) in [5.41, 5.74) is 4.68. The summed E-state index contributed by atoms with van der Waals surface area (Å²) in [5.74, 6) is -2.50. The lowest BCUT2D eigenvalue weighted by Crippen LogP contribution is -2.58. The summed E-state index contributed by atoms with van der Waals surface area (Å²) < 4.78 is 64.7. The Bertz CT molecular complexity index is 2640. The van der Waals surface area contributed by atoms with E-state index in [0.717, 1.165) is 44.6 Å². The van der Waals surface area contributed by atoms with Gasteiger partial charge in [-0.1, -0.05) is 63.2 Å². The van der Waals surface area contributed by atoms with Gasteiger partial charge in [-0.25, -0.2) is 18.2 Å². The number of aliphatic hydroxyl groups is 1. The van der Waals surface area contributed by atoms with Gasteiger partial charge < -0.3 is 39.8 Å². The third-order valence-electron chi connectivity index (χ3n) is 13.6. The van der Waals surface area contributed by atoms with Gasteiger partial charge in [-0.2, -0.15) is 0 Å². The summed E-state index contributed by atoms with van der Waals surface area (Å²) in [6, 6.07) is 15.0. The van der Waals surface area contributed by atoms with Gasteiger partial charge in [-0.3, -0.25) is 19.3 Å². The van der Waals surface area contributed by atoms with Crippen LogP contribution in [0.4, 0.5) is 13.2 Å². The molecule has 0 bridgehead atoms. The maximum atomic E-state index is 16.1. The number of β-amino-alcohol motifs (C(OH)–C–C–N with tert-alkyl or cyclic N) is 1. The summed E-state index contributed by atoms with van der Waals surface area (Å²) in [6.45, 7) is 13.2. The average Bonchev–Trinajstić information content (AvgIpc) is 3.52. The molecule has 5 aromatic rings. The number of fused-ring (bicyclic) bond motifs is 3. The Morgan fingerprint density at radius 2 is 1.67 bits per heavy atom. The van der Waals surface area contributed by atoms with Gasteiger partial charge in [0.2, 0.25) is 17.7 Å². The summed E-state index contributed by atoms with van der Waals surface area (Å²) in [6.07, 6.45) is 0.627. The number of para-hydroxylation sites is 1. The summed E-state index contributed by atoms with van der Waals surface area (Å²) in [7, 11) is 0. The standard InChI is InChI=1S/C53H65F3N6O7S/c1-30-18-39-38-10-8-9-11-42(38)59-46(39)47(62(30)28-53(6,7)56)45-40(54)21-37(22-41(45)55)69-17-16-67-25-34-19-35(34)26-68-27-44(64)60-49(52(3,4)5)51(66)61-24-36(63)20-43(61)50(65)57-23-32-12-14-33(15-13-32)48-31(2)58-29-70-48/h8-15,21-22,29-30,34-36,43,47,49,59,63H,16-20,23-28H2,1-7H3,(H,57,65)(H,60,64)/t30-,34-,35+,36-,43+,47-,49-/m1/s1. The van der Waals surface area contributed by atoms with E-state index >= 15 is 13.2 Å². The molecule has 0 radical (unpaired) electrons. The number of carbonyl (C=O) groups excluding carboxylic acids is 3. The second-order valence-electron chi connectivity index (χ2n) is 20.8. The number of thiazole rings is 1. The van der Waals surface area contributed by atoms with Crippen LogP contribution in [0, 0.1) is 35.8 Å². The largest absolute Gasteiger partial charge is 0.491 e. The number of carbonyl (C=O) groups is 3. The van der Waals surface area contributed by atoms with Crippen molar-refractivity contribution < 1.29 is 46.9 Å². The average molecular weight is 987 g/mol. The number of hydrogen-bond donors (Lipinski definition) is 4. The molecule has 3 amide bonds. The molecule has 2 fully saturated rings. The number of likely N-dealkylation sites (tertiary alicyclic amines) is 1. The quantitative estimate of drug-likeness (QED) is 0.0606. The number of nitrogens with one attached hydrogen (secondary N) is 3. The number of aryl methyl sites for hydroxylation is 1. The van der Waals surface area contributed by atoms with Crippen LogP contribution in [0.2, 0.25) is 0 Å². The first kappa shape index (κ1) is 51.0. The van der Waals surface area contributed by atoms with Gasteiger partial charge >= 0.3 is 0 Å². The lowest BCUT2D eigenvalue weighted by Gasteiger charge is -2.43. The zero-order chi connectivity index (χ0) is 50.1. The van der Waals surface area contributed by atoms with E-state index in [1.807, 2.05) is 88.0 Å². The van der Waals surface area contributed by atoms with E-state index in [1.54, 1.807) is 16.8 Å². The fourth-order valence-electron chi connectivity index (χ4n) is 9.86. The monoisotopic (exact) mass is 986 g/mol. The molecule has 70 heavy (non-hydrogen) atoms. The third-order valence-corrected chi connectivity index (χ3v) is 14.6. The van der Waals surface area contributed by atoms with Crippen molar-refractivity contribution in [2.75, 3.05) is 46.1 Å². The van der Waals surface area contributed by atoms with Crippen LogP contribution >= 0.6 is 11.3 Å². The molecule has 8 rings (SSSR count). The Balaban J connectivity index is 0.770. The second-order valence-corrected chi connectivity index (χ2v) is 21.7. The van der Waals surface area contributed by atoms with Crippen molar-refractivity contribution in [1.29, 1.82) is 0 Å². The van der Waals surface area contributed by atoms with Crippen molar-refractivity contribution in [2.24, 2.45) is 17.3 Å². The minimum Gasteiger partial charge on any atom is -0.491 e. The van der Waals surface area contributed by atoms with E-state index < -0.39 is 58.8 Å². The lowest BCUT2D eigenvalue weighted by atomic mass is 9.85. The second kappa shape index (κ2) is 21.2. The number of alkyl halides is 1. The normalized spacial score (nSPS) is 22.0. The smallest absolute Gasteiger partial charge is 0.246 e. The van der Waals surface area contributed by atoms with E-state index in [2.05, 4.69) is 20.6 Å². The highest BCUT2D eigenvalue weighted by molar-refractivity contribution is 7.13. The van der Waals surface area contributed by atoms with Gasteiger partial charge in [0.05, 0.1) is 41.4 Å². The number of aromatic amines is 1. The minimum atomic E-state index is -1.61. The number of nitrogens with zero attached hydrogens (tertiary/aromatic N) is 3. The Morgan fingerprint density at radius 1 is 0.971 bits per heavy atom. The van der Waals surface area contributed by atoms with E-state index in [4.69, 9.17) is 14.2 Å². The molecule has 3 aliphatic rings. The molecule has 0 spiro atoms. The van der Waals surface area contributed by atoms with Crippen LogP contribution in [0.1, 0.15) is 88.5 Å². The maximum Gasteiger partial charge on any atom is 0.246 e. The summed E-state index contributed by atoms with van der Waals surface area (Å²) >= 11 is 1.56. The first-order valence-corrected chi connectivity index (χ1v) is 25.0. The first-order chi connectivity index (χ1) is 33.3. The van der Waals surface area contributed by atoms with Gasteiger partial charge in [0.25, 0.3) is 0 Å². The summed E-state index contributed by atoms with van der Waals surface area (Å²) in [5, 5.41) is 17.3. The van der Waals surface area contributed by atoms with Crippen LogP contribution in [-0.2, 0) is 36.8 Å². The molecule has 2 aromatic heterocycles. The lowest BCUT2D eigenvalue weighted by molar-refractivity contribution is -0.144. The van der Waals surface area contributed by atoms with Crippen molar-refractivity contribution in [3.8, 4) is 16.2 Å². The number of rotatable bonds is 19. The minimum absolute atomic E-state index is 0.0187. The molecule has 0 unspecified atom stereocenters. The van der Waals surface area contributed by atoms with Crippen LogP contribution in [-0.4, -0.2) is 119 Å². The molecular formula is C53H65F3N6O7S. The molecule has 1 saturated heterocycles. The molecule has 4 N–H and O–H groups in total. The highest BCUT2D eigenvalue weighted by Gasteiger charge is 2.45. The molecular weight excluding hydrogens is 922 g/mol. The van der Waals surface area contributed by atoms with Crippen LogP contribution < -0.4 is 15.4 Å². The van der Waals surface area contributed by atoms with Crippen LogP contribution in [0.5, 0.6) is 5.75 Å². The number of amides is 3. The Morgan fingerprint density at radius 3 is 2.34 bits per heavy atom. The first-order valence-electron chi connectivity index (χ1n) is 24.1. The molecule has 3 aromatic carbocycles. The fraction of sp³-hybridized carbons (Fsp3) is 0.509. The molecule has 2 aliphatic heterocycles. The van der Waals surface area contributed by atoms with E-state index in [-0.39, 0.29) is 81.0 Å². The number of halogens is 3. The molecule has 1 aliphatic carbocycles. The van der Waals surface area contributed by atoms with E-state index in [0.29, 0.717) is 25.3 Å². The predicted molar refractivity (Wildman–Crippen MR) is 262 cm³/mol. The van der Waals surface area contributed by atoms with Crippen molar-refractivity contribution in [3.63, 3.8) is 0 Å². The number of ether oxygens (including phenoxy) is 3. The van der Waals surface area contributed by atoms with Crippen LogP contribution in [0.3, 0.4) is 0 Å². The van der Waals surface area contributed by atoms with Crippen molar-refractivity contribution >= 4 is 40.0 Å². The zero-order valence-electron chi connectivity index (χ0n) is 41.0. The summed E-state index contributed by atoms with van der Waals surface area (Å²) in [4.78, 5) is 52.7. The maximum absolute atomic E-state index is 16.1. The van der Waals surface area contributed by atoms with Gasteiger partial charge in [0.15, 0.2) is 0 Å². The number of benzene rings is 3. The Hall–Kier alpha value is -5.33. The fourth-order valence-corrected chi connectivity index (χ4v) is 10.7. The van der Waals surface area contributed by atoms with Gasteiger partial charge in [0, 0.05) is 73.0 Å². The topological polar surface area (TPSA) is 158 Å². The van der Waals surface area contributed by atoms with Crippen LogP contribution in [0.25, 0.3) is 21.3 Å².